The third-order valence-electron chi connectivity index (χ3n) is 3.63. The maximum atomic E-state index is 13.0. The molecule has 1 atom stereocenters. The lowest BCUT2D eigenvalue weighted by Gasteiger charge is -2.27. The highest BCUT2D eigenvalue weighted by molar-refractivity contribution is 5.57. The second kappa shape index (κ2) is 4.80. The molecule has 1 aromatic heterocycles. The van der Waals surface area contributed by atoms with Crippen molar-refractivity contribution in [3.05, 3.63) is 64.9 Å². The van der Waals surface area contributed by atoms with Gasteiger partial charge in [-0.2, -0.15) is 0 Å². The fourth-order valence-electron chi connectivity index (χ4n) is 2.62. The minimum absolute atomic E-state index is 0.228. The standard InChI is InChI=1S/C16H17FN2O/c1-10-7-15-16(20)18-11(2)14(19(15)9-10)8-12-3-5-13(17)6-4-12/h3-7,9,16,18,20H,8H2,1-2H3. The molecule has 3 rings (SSSR count). The number of allylic oxidation sites excluding steroid dienone is 2. The number of aliphatic hydroxyl groups excluding tert-OH is 1. The quantitative estimate of drug-likeness (QED) is 0.882. The van der Waals surface area contributed by atoms with Gasteiger partial charge >= 0.3 is 0 Å². The van der Waals surface area contributed by atoms with E-state index < -0.39 is 6.23 Å². The molecule has 0 spiro atoms. The third-order valence-corrected chi connectivity index (χ3v) is 3.63. The summed E-state index contributed by atoms with van der Waals surface area (Å²) in [6.45, 7) is 3.95. The van der Waals surface area contributed by atoms with Gasteiger partial charge in [0, 0.05) is 24.0 Å². The van der Waals surface area contributed by atoms with E-state index >= 15 is 0 Å². The highest BCUT2D eigenvalue weighted by Crippen LogP contribution is 2.28. The minimum atomic E-state index is -0.680. The van der Waals surface area contributed by atoms with Gasteiger partial charge < -0.3 is 15.0 Å². The summed E-state index contributed by atoms with van der Waals surface area (Å²) >= 11 is 0. The van der Waals surface area contributed by atoms with Gasteiger partial charge in [-0.15, -0.1) is 0 Å². The summed E-state index contributed by atoms with van der Waals surface area (Å²) in [6, 6.07) is 8.48. The van der Waals surface area contributed by atoms with Crippen molar-refractivity contribution >= 4 is 5.70 Å². The Hall–Kier alpha value is -2.07. The Morgan fingerprint density at radius 1 is 1.25 bits per heavy atom. The molecule has 1 aliphatic rings. The normalized spacial score (nSPS) is 17.9. The molecule has 0 amide bonds. The van der Waals surface area contributed by atoms with Gasteiger partial charge in [-0.1, -0.05) is 12.1 Å². The average molecular weight is 272 g/mol. The zero-order valence-electron chi connectivity index (χ0n) is 11.5. The summed E-state index contributed by atoms with van der Waals surface area (Å²) in [5.74, 6) is -0.228. The van der Waals surface area contributed by atoms with E-state index in [1.54, 1.807) is 12.1 Å². The Kier molecular flexibility index (Phi) is 3.10. The van der Waals surface area contributed by atoms with Gasteiger partial charge in [0.25, 0.3) is 0 Å². The number of aliphatic hydroxyl groups is 1. The van der Waals surface area contributed by atoms with Crippen molar-refractivity contribution < 1.29 is 9.50 Å². The zero-order valence-corrected chi connectivity index (χ0v) is 11.5. The van der Waals surface area contributed by atoms with Crippen LogP contribution in [0.5, 0.6) is 0 Å². The molecule has 2 aromatic rings. The van der Waals surface area contributed by atoms with Crippen LogP contribution in [-0.4, -0.2) is 9.67 Å². The van der Waals surface area contributed by atoms with Crippen molar-refractivity contribution in [2.24, 2.45) is 0 Å². The lowest BCUT2D eigenvalue weighted by molar-refractivity contribution is 0.141. The number of hydrogen-bond donors (Lipinski definition) is 2. The van der Waals surface area contributed by atoms with E-state index in [4.69, 9.17) is 0 Å². The predicted molar refractivity (Wildman–Crippen MR) is 76.3 cm³/mol. The van der Waals surface area contributed by atoms with Crippen LogP contribution in [0.15, 0.2) is 42.2 Å². The fraction of sp³-hybridized carbons (Fsp3) is 0.250. The van der Waals surface area contributed by atoms with Gasteiger partial charge in [0.2, 0.25) is 0 Å². The van der Waals surface area contributed by atoms with Crippen molar-refractivity contribution in [2.45, 2.75) is 26.5 Å². The van der Waals surface area contributed by atoms with Crippen molar-refractivity contribution in [3.8, 4) is 0 Å². The number of aromatic nitrogens is 1. The first kappa shape index (κ1) is 12.9. The van der Waals surface area contributed by atoms with Gasteiger partial charge in [0.1, 0.15) is 5.82 Å². The lowest BCUT2D eigenvalue weighted by atomic mass is 10.1. The molecule has 0 radical (unpaired) electrons. The molecule has 0 fully saturated rings. The Morgan fingerprint density at radius 2 is 1.95 bits per heavy atom. The SMILES string of the molecule is CC1=C(Cc2ccc(F)cc2)n2cc(C)cc2C(O)N1. The molecule has 20 heavy (non-hydrogen) atoms. The van der Waals surface area contributed by atoms with Crippen LogP contribution in [-0.2, 0) is 6.42 Å². The van der Waals surface area contributed by atoms with Crippen LogP contribution in [0.2, 0.25) is 0 Å². The van der Waals surface area contributed by atoms with Gasteiger partial charge in [0.15, 0.2) is 6.23 Å². The number of nitrogens with one attached hydrogen (secondary N) is 1. The Bertz CT molecular complexity index is 670. The Labute approximate surface area is 117 Å². The first-order valence-corrected chi connectivity index (χ1v) is 6.62. The van der Waals surface area contributed by atoms with Crippen LogP contribution >= 0.6 is 0 Å². The number of rotatable bonds is 2. The van der Waals surface area contributed by atoms with Gasteiger partial charge in [-0.3, -0.25) is 0 Å². The van der Waals surface area contributed by atoms with Gasteiger partial charge in [-0.25, -0.2) is 4.39 Å². The Balaban J connectivity index is 1.99. The maximum absolute atomic E-state index is 13.0. The Morgan fingerprint density at radius 3 is 2.65 bits per heavy atom. The average Bonchev–Trinajstić information content (AvgIpc) is 2.79. The summed E-state index contributed by atoms with van der Waals surface area (Å²) in [4.78, 5) is 0. The molecule has 1 unspecified atom stereocenters. The highest BCUT2D eigenvalue weighted by Gasteiger charge is 2.22. The van der Waals surface area contributed by atoms with Crippen LogP contribution in [0.4, 0.5) is 4.39 Å². The summed E-state index contributed by atoms with van der Waals surface area (Å²) in [5.41, 5.74) is 4.99. The fourth-order valence-corrected chi connectivity index (χ4v) is 2.62. The monoisotopic (exact) mass is 272 g/mol. The van der Waals surface area contributed by atoms with E-state index in [1.165, 1.54) is 12.1 Å². The largest absolute Gasteiger partial charge is 0.368 e. The highest BCUT2D eigenvalue weighted by atomic mass is 19.1. The van der Waals surface area contributed by atoms with E-state index in [0.29, 0.717) is 6.42 Å². The molecule has 104 valence electrons. The second-order valence-electron chi connectivity index (χ2n) is 5.23. The first-order chi connectivity index (χ1) is 9.54. The number of nitrogens with zero attached hydrogens (tertiary/aromatic N) is 1. The molecule has 3 nitrogen and oxygen atoms in total. The number of benzene rings is 1. The summed E-state index contributed by atoms with van der Waals surface area (Å²) in [6.07, 6.45) is 2.02. The molecule has 1 aromatic carbocycles. The summed E-state index contributed by atoms with van der Waals surface area (Å²) in [5, 5.41) is 13.1. The van der Waals surface area contributed by atoms with E-state index in [0.717, 1.165) is 28.2 Å². The number of fused-ring (bicyclic) bond motifs is 1. The number of hydrogen-bond acceptors (Lipinski definition) is 2. The molecule has 2 heterocycles. The molecule has 0 saturated heterocycles. The van der Waals surface area contributed by atoms with Gasteiger partial charge in [0.05, 0.1) is 5.69 Å². The maximum Gasteiger partial charge on any atom is 0.166 e. The lowest BCUT2D eigenvalue weighted by Crippen LogP contribution is -2.28. The van der Waals surface area contributed by atoms with Crippen LogP contribution in [0, 0.1) is 12.7 Å². The van der Waals surface area contributed by atoms with Crippen LogP contribution < -0.4 is 5.32 Å². The number of halogens is 1. The molecular formula is C16H17FN2O. The summed E-state index contributed by atoms with van der Waals surface area (Å²) in [7, 11) is 0. The third kappa shape index (κ3) is 2.23. The zero-order chi connectivity index (χ0) is 14.3. The molecule has 2 N–H and O–H groups in total. The number of aryl methyl sites for hydroxylation is 1. The first-order valence-electron chi connectivity index (χ1n) is 6.62. The molecular weight excluding hydrogens is 255 g/mol. The molecule has 0 bridgehead atoms. The van der Waals surface area contributed by atoms with Crippen LogP contribution in [0.25, 0.3) is 5.70 Å². The van der Waals surface area contributed by atoms with Crippen molar-refractivity contribution in [2.75, 3.05) is 0 Å². The smallest absolute Gasteiger partial charge is 0.166 e. The van der Waals surface area contributed by atoms with Crippen molar-refractivity contribution in [1.82, 2.24) is 9.88 Å². The second-order valence-corrected chi connectivity index (χ2v) is 5.23. The van der Waals surface area contributed by atoms with Crippen molar-refractivity contribution in [1.29, 1.82) is 0 Å². The topological polar surface area (TPSA) is 37.2 Å². The van der Waals surface area contributed by atoms with E-state index in [1.807, 2.05) is 30.7 Å². The molecule has 0 saturated carbocycles. The van der Waals surface area contributed by atoms with Crippen LogP contribution in [0.1, 0.15) is 30.0 Å². The van der Waals surface area contributed by atoms with E-state index in [-0.39, 0.29) is 5.82 Å². The minimum Gasteiger partial charge on any atom is -0.368 e. The molecule has 4 heteroatoms. The molecule has 1 aliphatic heterocycles. The predicted octanol–water partition coefficient (Wildman–Crippen LogP) is 2.96. The van der Waals surface area contributed by atoms with Crippen molar-refractivity contribution in [3.63, 3.8) is 0 Å². The van der Waals surface area contributed by atoms with E-state index in [9.17, 15) is 9.50 Å². The summed E-state index contributed by atoms with van der Waals surface area (Å²) < 4.78 is 15.0. The van der Waals surface area contributed by atoms with E-state index in [2.05, 4.69) is 5.32 Å². The molecule has 0 aliphatic carbocycles. The van der Waals surface area contributed by atoms with Gasteiger partial charge in [-0.05, 0) is 43.2 Å². The van der Waals surface area contributed by atoms with Crippen LogP contribution in [0.3, 0.4) is 0 Å².